The molecule has 1 N–H and O–H groups in total. The molecule has 0 bridgehead atoms. The van der Waals surface area contributed by atoms with E-state index in [4.69, 9.17) is 14.0 Å². The Labute approximate surface area is 166 Å². The first-order valence-corrected chi connectivity index (χ1v) is 9.65. The Morgan fingerprint density at radius 3 is 2.46 bits per heavy atom. The number of rotatable bonds is 4. The Balaban J connectivity index is 1.66. The van der Waals surface area contributed by atoms with E-state index < -0.39 is 18.8 Å². The minimum absolute atomic E-state index is 0.376. The van der Waals surface area contributed by atoms with E-state index in [0.717, 1.165) is 16.5 Å². The number of benzene rings is 1. The number of amides is 1. The Bertz CT molecular complexity index is 854. The van der Waals surface area contributed by atoms with Crippen LogP contribution in [0.5, 0.6) is 0 Å². The fourth-order valence-electron chi connectivity index (χ4n) is 2.98. The van der Waals surface area contributed by atoms with Gasteiger partial charge in [-0.2, -0.15) is 0 Å². The molecule has 1 aromatic carbocycles. The molecule has 2 aromatic rings. The van der Waals surface area contributed by atoms with Crippen molar-refractivity contribution in [3.05, 3.63) is 24.5 Å². The highest BCUT2D eigenvalue weighted by Crippen LogP contribution is 2.36. The van der Waals surface area contributed by atoms with Crippen LogP contribution in [0.1, 0.15) is 48.5 Å². The fraction of sp³-hybridized carbons (Fsp3) is 0.600. The molecule has 28 heavy (non-hydrogen) atoms. The summed E-state index contributed by atoms with van der Waals surface area (Å²) in [6.45, 7) is 14.7. The molecule has 0 unspecified atom stereocenters. The number of hydrogen-bond acceptors (Lipinski definition) is 5. The van der Waals surface area contributed by atoms with Crippen LogP contribution < -0.4 is 10.8 Å². The van der Waals surface area contributed by atoms with Gasteiger partial charge in [-0.15, -0.1) is 0 Å². The third kappa shape index (κ3) is 4.33. The van der Waals surface area contributed by atoms with Crippen molar-refractivity contribution < 1.29 is 18.8 Å². The Morgan fingerprint density at radius 1 is 1.21 bits per heavy atom. The zero-order valence-electron chi connectivity index (χ0n) is 17.8. The van der Waals surface area contributed by atoms with Crippen molar-refractivity contribution >= 4 is 29.7 Å². The summed E-state index contributed by atoms with van der Waals surface area (Å²) >= 11 is 0. The summed E-state index contributed by atoms with van der Waals surface area (Å²) in [7, 11) is -0.409. The molecule has 1 aliphatic heterocycles. The Morgan fingerprint density at radius 2 is 1.86 bits per heavy atom. The van der Waals surface area contributed by atoms with Crippen LogP contribution in [0, 0.1) is 0 Å². The van der Waals surface area contributed by atoms with Gasteiger partial charge in [-0.1, -0.05) is 6.07 Å². The number of imidazole rings is 1. The average Bonchev–Trinajstić information content (AvgIpc) is 3.03. The van der Waals surface area contributed by atoms with Gasteiger partial charge in [0.15, 0.2) is 0 Å². The molecule has 1 saturated heterocycles. The third-order valence-electron chi connectivity index (χ3n) is 5.19. The topological polar surface area (TPSA) is 74.6 Å². The molecule has 2 heterocycles. The molecular formula is C20H30BN3O4. The molecule has 0 radical (unpaired) electrons. The van der Waals surface area contributed by atoms with Crippen molar-refractivity contribution in [1.82, 2.24) is 14.9 Å². The molecule has 7 nitrogen and oxygen atoms in total. The highest BCUT2D eigenvalue weighted by molar-refractivity contribution is 6.62. The van der Waals surface area contributed by atoms with Gasteiger partial charge in [-0.3, -0.25) is 0 Å². The first-order chi connectivity index (χ1) is 12.9. The summed E-state index contributed by atoms with van der Waals surface area (Å²) in [4.78, 5) is 16.2. The van der Waals surface area contributed by atoms with Crippen molar-refractivity contribution in [3.63, 3.8) is 0 Å². The van der Waals surface area contributed by atoms with Gasteiger partial charge in [0.25, 0.3) is 0 Å². The molecule has 0 atom stereocenters. The molecular weight excluding hydrogens is 357 g/mol. The maximum absolute atomic E-state index is 11.8. The summed E-state index contributed by atoms with van der Waals surface area (Å²) in [5.41, 5.74) is 1.55. The van der Waals surface area contributed by atoms with Gasteiger partial charge in [-0.25, -0.2) is 9.78 Å². The van der Waals surface area contributed by atoms with E-state index in [1.807, 2.05) is 71.2 Å². The standard InChI is InChI=1S/C20H30BN3O4/c1-18(2,3)26-17(25)22-10-11-24-13-23-15-12-14(8-9-16(15)24)21-27-19(4,5)20(6,7)28-21/h8-9,12-13H,10-11H2,1-7H3,(H,22,25). The van der Waals surface area contributed by atoms with Crippen LogP contribution in [0.15, 0.2) is 24.5 Å². The summed E-state index contributed by atoms with van der Waals surface area (Å²) in [6.07, 6.45) is 1.36. The first kappa shape index (κ1) is 20.7. The predicted octanol–water partition coefficient (Wildman–Crippen LogP) is 2.86. The monoisotopic (exact) mass is 387 g/mol. The van der Waals surface area contributed by atoms with Crippen LogP contribution >= 0.6 is 0 Å². The normalized spacial score (nSPS) is 18.5. The van der Waals surface area contributed by atoms with E-state index in [9.17, 15) is 4.79 Å². The number of carbonyl (C=O) groups is 1. The van der Waals surface area contributed by atoms with Gasteiger partial charge in [0.1, 0.15) is 5.60 Å². The lowest BCUT2D eigenvalue weighted by molar-refractivity contribution is 0.00578. The predicted molar refractivity (Wildman–Crippen MR) is 110 cm³/mol. The Kier molecular flexibility index (Phi) is 5.23. The van der Waals surface area contributed by atoms with Crippen LogP contribution in [0.25, 0.3) is 11.0 Å². The average molecular weight is 387 g/mol. The second-order valence-corrected chi connectivity index (χ2v) is 9.20. The number of nitrogens with one attached hydrogen (secondary N) is 1. The van der Waals surface area contributed by atoms with E-state index in [0.29, 0.717) is 13.1 Å². The number of alkyl carbamates (subject to hydrolysis) is 1. The molecule has 152 valence electrons. The molecule has 3 rings (SSSR count). The minimum Gasteiger partial charge on any atom is -0.444 e. The lowest BCUT2D eigenvalue weighted by Crippen LogP contribution is -2.41. The van der Waals surface area contributed by atoms with Crippen molar-refractivity contribution in [3.8, 4) is 0 Å². The van der Waals surface area contributed by atoms with Gasteiger partial charge in [0.2, 0.25) is 0 Å². The van der Waals surface area contributed by atoms with Gasteiger partial charge in [0.05, 0.1) is 28.6 Å². The van der Waals surface area contributed by atoms with Crippen molar-refractivity contribution in [2.45, 2.75) is 71.8 Å². The number of carbonyl (C=O) groups excluding carboxylic acids is 1. The molecule has 0 spiro atoms. The summed E-state index contributed by atoms with van der Waals surface area (Å²) in [5, 5.41) is 2.77. The SMILES string of the molecule is CC(C)(C)OC(=O)NCCn1cnc2cc(B3OC(C)(C)C(C)(C)O3)ccc21. The number of hydrogen-bond donors (Lipinski definition) is 1. The smallest absolute Gasteiger partial charge is 0.444 e. The van der Waals surface area contributed by atoms with Gasteiger partial charge in [0, 0.05) is 13.1 Å². The minimum atomic E-state index is -0.504. The van der Waals surface area contributed by atoms with Crippen LogP contribution in [-0.4, -0.2) is 46.1 Å². The second kappa shape index (κ2) is 7.08. The molecule has 1 fully saturated rings. The number of ether oxygens (including phenoxy) is 1. The molecule has 0 saturated carbocycles. The van der Waals surface area contributed by atoms with Crippen LogP contribution in [0.3, 0.4) is 0 Å². The van der Waals surface area contributed by atoms with E-state index in [1.54, 1.807) is 6.33 Å². The molecule has 1 amide bonds. The summed E-state index contributed by atoms with van der Waals surface area (Å²) < 4.78 is 19.5. The van der Waals surface area contributed by atoms with Gasteiger partial charge < -0.3 is 23.9 Å². The second-order valence-electron chi connectivity index (χ2n) is 9.20. The molecule has 0 aliphatic carbocycles. The molecule has 1 aromatic heterocycles. The van der Waals surface area contributed by atoms with Gasteiger partial charge >= 0.3 is 13.2 Å². The van der Waals surface area contributed by atoms with E-state index in [-0.39, 0.29) is 11.2 Å². The van der Waals surface area contributed by atoms with Crippen LogP contribution in [-0.2, 0) is 20.6 Å². The van der Waals surface area contributed by atoms with E-state index >= 15 is 0 Å². The largest absolute Gasteiger partial charge is 0.494 e. The third-order valence-corrected chi connectivity index (χ3v) is 5.19. The molecule has 1 aliphatic rings. The zero-order chi connectivity index (χ0) is 20.7. The number of nitrogens with zero attached hydrogens (tertiary/aromatic N) is 2. The van der Waals surface area contributed by atoms with Gasteiger partial charge in [-0.05, 0) is 66.1 Å². The van der Waals surface area contributed by atoms with Crippen molar-refractivity contribution in [2.24, 2.45) is 0 Å². The van der Waals surface area contributed by atoms with Crippen LogP contribution in [0.2, 0.25) is 0 Å². The van der Waals surface area contributed by atoms with E-state index in [2.05, 4.69) is 10.3 Å². The number of fused-ring (bicyclic) bond motifs is 1. The summed E-state index contributed by atoms with van der Waals surface area (Å²) in [5.74, 6) is 0. The first-order valence-electron chi connectivity index (χ1n) is 9.65. The quantitative estimate of drug-likeness (QED) is 0.817. The highest BCUT2D eigenvalue weighted by Gasteiger charge is 2.51. The zero-order valence-corrected chi connectivity index (χ0v) is 17.8. The lowest BCUT2D eigenvalue weighted by atomic mass is 9.79. The lowest BCUT2D eigenvalue weighted by Gasteiger charge is -2.32. The van der Waals surface area contributed by atoms with Crippen LogP contribution in [0.4, 0.5) is 4.79 Å². The summed E-state index contributed by atoms with van der Waals surface area (Å²) in [6, 6.07) is 6.01. The maximum Gasteiger partial charge on any atom is 0.494 e. The number of aromatic nitrogens is 2. The van der Waals surface area contributed by atoms with Crippen molar-refractivity contribution in [1.29, 1.82) is 0 Å². The van der Waals surface area contributed by atoms with Crippen molar-refractivity contribution in [2.75, 3.05) is 6.54 Å². The maximum atomic E-state index is 11.8. The molecule has 8 heteroatoms. The Hall–Kier alpha value is -2.06. The fourth-order valence-corrected chi connectivity index (χ4v) is 2.98. The highest BCUT2D eigenvalue weighted by atomic mass is 16.7. The van der Waals surface area contributed by atoms with E-state index in [1.165, 1.54) is 0 Å².